The van der Waals surface area contributed by atoms with Crippen LogP contribution in [0.15, 0.2) is 18.2 Å². The van der Waals surface area contributed by atoms with Gasteiger partial charge in [-0.1, -0.05) is 29.3 Å². The fourth-order valence-corrected chi connectivity index (χ4v) is 2.47. The van der Waals surface area contributed by atoms with E-state index in [9.17, 15) is 9.59 Å². The van der Waals surface area contributed by atoms with Gasteiger partial charge in [-0.15, -0.1) is 0 Å². The number of carbonyl (C=O) groups is 2. The zero-order chi connectivity index (χ0) is 13.3. The molecule has 1 saturated heterocycles. The predicted octanol–water partition coefficient (Wildman–Crippen LogP) is 2.68. The summed E-state index contributed by atoms with van der Waals surface area (Å²) >= 11 is 11.8. The summed E-state index contributed by atoms with van der Waals surface area (Å²) in [5.74, 6) is -1.37. The molecule has 1 fully saturated rings. The third kappa shape index (κ3) is 2.31. The van der Waals surface area contributed by atoms with Gasteiger partial charge in [0.15, 0.2) is 0 Å². The van der Waals surface area contributed by atoms with Crippen molar-refractivity contribution in [2.75, 3.05) is 6.54 Å². The van der Waals surface area contributed by atoms with Crippen molar-refractivity contribution >= 4 is 35.1 Å². The summed E-state index contributed by atoms with van der Waals surface area (Å²) in [5, 5.41) is 9.50. The van der Waals surface area contributed by atoms with Crippen molar-refractivity contribution in [2.24, 2.45) is 0 Å². The second kappa shape index (κ2) is 5.16. The van der Waals surface area contributed by atoms with E-state index >= 15 is 0 Å². The van der Waals surface area contributed by atoms with Crippen LogP contribution in [0.5, 0.6) is 0 Å². The van der Waals surface area contributed by atoms with Gasteiger partial charge in [-0.2, -0.15) is 0 Å². The summed E-state index contributed by atoms with van der Waals surface area (Å²) in [6, 6.07) is 3.98. The number of likely N-dealkylation sites (tertiary alicyclic amines) is 1. The highest BCUT2D eigenvalue weighted by molar-refractivity contribution is 6.43. The quantitative estimate of drug-likeness (QED) is 0.910. The van der Waals surface area contributed by atoms with Crippen LogP contribution in [-0.2, 0) is 4.79 Å². The molecule has 1 unspecified atom stereocenters. The van der Waals surface area contributed by atoms with Crippen LogP contribution >= 0.6 is 23.2 Å². The molecule has 1 atom stereocenters. The topological polar surface area (TPSA) is 57.6 Å². The first-order chi connectivity index (χ1) is 8.52. The van der Waals surface area contributed by atoms with Crippen molar-refractivity contribution in [1.82, 2.24) is 4.90 Å². The van der Waals surface area contributed by atoms with Gasteiger partial charge in [-0.25, -0.2) is 4.79 Å². The van der Waals surface area contributed by atoms with Crippen LogP contribution in [0.3, 0.4) is 0 Å². The third-order valence-electron chi connectivity index (χ3n) is 2.98. The van der Waals surface area contributed by atoms with Crippen molar-refractivity contribution in [2.45, 2.75) is 18.9 Å². The molecule has 4 nitrogen and oxygen atoms in total. The number of carboxylic acids is 1. The Kier molecular flexibility index (Phi) is 3.78. The van der Waals surface area contributed by atoms with Crippen LogP contribution in [0.4, 0.5) is 0 Å². The fourth-order valence-electron chi connectivity index (χ4n) is 2.09. The number of aliphatic carboxylic acids is 1. The molecule has 6 heteroatoms. The molecule has 2 rings (SSSR count). The number of carbonyl (C=O) groups excluding carboxylic acids is 1. The zero-order valence-electron chi connectivity index (χ0n) is 9.40. The number of halogens is 2. The number of rotatable bonds is 2. The number of nitrogens with zero attached hydrogens (tertiary/aromatic N) is 1. The van der Waals surface area contributed by atoms with Gasteiger partial charge < -0.3 is 10.0 Å². The van der Waals surface area contributed by atoms with Crippen LogP contribution in [0.1, 0.15) is 23.2 Å². The van der Waals surface area contributed by atoms with Gasteiger partial charge in [0.2, 0.25) is 0 Å². The van der Waals surface area contributed by atoms with Crippen molar-refractivity contribution < 1.29 is 14.7 Å². The van der Waals surface area contributed by atoms with E-state index in [4.69, 9.17) is 28.3 Å². The molecular weight excluding hydrogens is 277 g/mol. The average Bonchev–Trinajstić information content (AvgIpc) is 2.81. The highest BCUT2D eigenvalue weighted by Crippen LogP contribution is 2.28. The summed E-state index contributed by atoms with van der Waals surface area (Å²) in [5.41, 5.74) is 0.248. The molecule has 0 saturated carbocycles. The molecule has 0 radical (unpaired) electrons. The molecule has 1 heterocycles. The minimum absolute atomic E-state index is 0.167. The van der Waals surface area contributed by atoms with E-state index in [1.165, 1.54) is 4.90 Å². The van der Waals surface area contributed by atoms with E-state index in [0.29, 0.717) is 19.4 Å². The minimum atomic E-state index is -0.987. The normalized spacial score (nSPS) is 19.0. The first-order valence-corrected chi connectivity index (χ1v) is 6.25. The van der Waals surface area contributed by atoms with Crippen LogP contribution in [0.25, 0.3) is 0 Å². The van der Waals surface area contributed by atoms with Crippen molar-refractivity contribution in [3.63, 3.8) is 0 Å². The summed E-state index contributed by atoms with van der Waals surface area (Å²) < 4.78 is 0. The third-order valence-corrected chi connectivity index (χ3v) is 3.80. The number of hydrogen-bond acceptors (Lipinski definition) is 2. The predicted molar refractivity (Wildman–Crippen MR) is 68.2 cm³/mol. The second-order valence-corrected chi connectivity index (χ2v) is 4.88. The lowest BCUT2D eigenvalue weighted by molar-refractivity contribution is -0.141. The number of hydrogen-bond donors (Lipinski definition) is 1. The highest BCUT2D eigenvalue weighted by Gasteiger charge is 2.35. The SMILES string of the molecule is O=C(O)C1CCCN1C(=O)c1cccc(Cl)c1Cl. The number of carboxylic acid groups (broad SMARTS) is 1. The van der Waals surface area contributed by atoms with E-state index in [1.54, 1.807) is 18.2 Å². The van der Waals surface area contributed by atoms with E-state index in [1.807, 2.05) is 0 Å². The monoisotopic (exact) mass is 287 g/mol. The molecule has 0 aliphatic carbocycles. The molecule has 1 N–H and O–H groups in total. The lowest BCUT2D eigenvalue weighted by atomic mass is 10.1. The number of amides is 1. The molecule has 18 heavy (non-hydrogen) atoms. The maximum atomic E-state index is 12.3. The molecule has 0 bridgehead atoms. The summed E-state index contributed by atoms with van der Waals surface area (Å²) in [6.45, 7) is 0.429. The molecule has 96 valence electrons. The van der Waals surface area contributed by atoms with Gasteiger partial charge in [0.05, 0.1) is 15.6 Å². The summed E-state index contributed by atoms with van der Waals surface area (Å²) in [6.07, 6.45) is 1.15. The Labute approximate surface area is 114 Å². The lowest BCUT2D eigenvalue weighted by Gasteiger charge is -2.22. The smallest absolute Gasteiger partial charge is 0.326 e. The molecule has 0 aromatic heterocycles. The molecule has 1 aliphatic rings. The lowest BCUT2D eigenvalue weighted by Crippen LogP contribution is -2.40. The molecule has 1 aromatic rings. The molecule has 1 amide bonds. The minimum Gasteiger partial charge on any atom is -0.480 e. The van der Waals surface area contributed by atoms with Crippen LogP contribution in [0.2, 0.25) is 10.0 Å². The number of benzene rings is 1. The Balaban J connectivity index is 2.31. The molecule has 1 aliphatic heterocycles. The highest BCUT2D eigenvalue weighted by atomic mass is 35.5. The second-order valence-electron chi connectivity index (χ2n) is 4.10. The van der Waals surface area contributed by atoms with Crippen molar-refractivity contribution in [1.29, 1.82) is 0 Å². The van der Waals surface area contributed by atoms with Gasteiger partial charge in [0.25, 0.3) is 5.91 Å². The summed E-state index contributed by atoms with van der Waals surface area (Å²) in [7, 11) is 0. The van der Waals surface area contributed by atoms with Crippen molar-refractivity contribution in [3.05, 3.63) is 33.8 Å². The maximum absolute atomic E-state index is 12.3. The van der Waals surface area contributed by atoms with E-state index in [0.717, 1.165) is 0 Å². The standard InChI is InChI=1S/C12H11Cl2NO3/c13-8-4-1-3-7(10(8)14)11(16)15-6-2-5-9(15)12(17)18/h1,3-4,9H,2,5-6H2,(H,17,18). The Morgan fingerprint density at radius 1 is 1.33 bits per heavy atom. The van der Waals surface area contributed by atoms with Gasteiger partial charge >= 0.3 is 5.97 Å². The van der Waals surface area contributed by atoms with Gasteiger partial charge in [0.1, 0.15) is 6.04 Å². The van der Waals surface area contributed by atoms with Gasteiger partial charge in [0, 0.05) is 6.54 Å². The first kappa shape index (κ1) is 13.2. The van der Waals surface area contributed by atoms with Crippen LogP contribution in [0, 0.1) is 0 Å². The van der Waals surface area contributed by atoms with E-state index in [2.05, 4.69) is 0 Å². The summed E-state index contributed by atoms with van der Waals surface area (Å²) in [4.78, 5) is 24.6. The Bertz CT molecular complexity index is 504. The van der Waals surface area contributed by atoms with Crippen LogP contribution in [-0.4, -0.2) is 34.5 Å². The largest absolute Gasteiger partial charge is 0.480 e. The molecule has 1 aromatic carbocycles. The zero-order valence-corrected chi connectivity index (χ0v) is 10.9. The Morgan fingerprint density at radius 2 is 2.06 bits per heavy atom. The van der Waals surface area contributed by atoms with E-state index < -0.39 is 12.0 Å². The van der Waals surface area contributed by atoms with Gasteiger partial charge in [-0.3, -0.25) is 4.79 Å². The van der Waals surface area contributed by atoms with E-state index in [-0.39, 0.29) is 21.5 Å². The fraction of sp³-hybridized carbons (Fsp3) is 0.333. The van der Waals surface area contributed by atoms with Crippen LogP contribution < -0.4 is 0 Å². The maximum Gasteiger partial charge on any atom is 0.326 e. The Hall–Kier alpha value is -1.26. The van der Waals surface area contributed by atoms with Crippen molar-refractivity contribution in [3.8, 4) is 0 Å². The molecule has 0 spiro atoms. The van der Waals surface area contributed by atoms with Gasteiger partial charge in [-0.05, 0) is 25.0 Å². The molecular formula is C12H11Cl2NO3. The first-order valence-electron chi connectivity index (χ1n) is 5.50. The Morgan fingerprint density at radius 3 is 2.72 bits per heavy atom. The average molecular weight is 288 g/mol.